The van der Waals surface area contributed by atoms with Crippen molar-refractivity contribution in [3.63, 3.8) is 0 Å². The summed E-state index contributed by atoms with van der Waals surface area (Å²) >= 11 is 0. The van der Waals surface area contributed by atoms with Gasteiger partial charge in [0.1, 0.15) is 12.5 Å². The lowest BCUT2D eigenvalue weighted by atomic mass is 10.1. The Kier molecular flexibility index (Phi) is 6.30. The highest BCUT2D eigenvalue weighted by Crippen LogP contribution is 2.36. The lowest BCUT2D eigenvalue weighted by molar-refractivity contribution is -0.143. The van der Waals surface area contributed by atoms with E-state index in [0.717, 1.165) is 23.2 Å². The van der Waals surface area contributed by atoms with E-state index in [9.17, 15) is 4.79 Å². The molecule has 0 aliphatic carbocycles. The second kappa shape index (κ2) is 9.46. The minimum Gasteiger partial charge on any atom is -0.478 e. The van der Waals surface area contributed by atoms with Gasteiger partial charge in [0.2, 0.25) is 0 Å². The number of rotatable bonds is 9. The highest BCUT2D eigenvalue weighted by molar-refractivity contribution is 6.11. The number of ether oxygens (including phenoxy) is 2. The number of nitrogens with zero attached hydrogens (tertiary/aromatic N) is 1. The lowest BCUT2D eigenvalue weighted by Crippen LogP contribution is -2.23. The summed E-state index contributed by atoms with van der Waals surface area (Å²) in [6.07, 6.45) is 0.331. The molecular formula is C25H26N2O3. The van der Waals surface area contributed by atoms with Crippen molar-refractivity contribution >= 4 is 27.8 Å². The predicted molar refractivity (Wildman–Crippen MR) is 120 cm³/mol. The maximum atomic E-state index is 11.4. The van der Waals surface area contributed by atoms with Crippen LogP contribution in [0.25, 0.3) is 21.8 Å². The zero-order valence-corrected chi connectivity index (χ0v) is 17.1. The second-order valence-electron chi connectivity index (χ2n) is 7.08. The molecule has 0 aliphatic heterocycles. The van der Waals surface area contributed by atoms with E-state index in [1.165, 1.54) is 16.5 Å². The molecule has 154 valence electrons. The van der Waals surface area contributed by atoms with Crippen LogP contribution >= 0.6 is 0 Å². The molecule has 5 nitrogen and oxygen atoms in total. The standard InChI is InChI=1S/C25H26N2O3/c1-2-29-24(28)15-16-26-18-30-23-14-8-13-22-25(23)20-11-6-7-12-21(20)27(22)17-19-9-4-3-5-10-19/h3-14,26H,2,15-18H2,1H3. The Morgan fingerprint density at radius 3 is 2.53 bits per heavy atom. The maximum Gasteiger partial charge on any atom is 0.307 e. The molecule has 0 spiro atoms. The minimum absolute atomic E-state index is 0.198. The minimum atomic E-state index is -0.198. The van der Waals surface area contributed by atoms with Crippen LogP contribution in [0.3, 0.4) is 0 Å². The summed E-state index contributed by atoms with van der Waals surface area (Å²) in [6.45, 7) is 3.86. The number of para-hydroxylation sites is 1. The van der Waals surface area contributed by atoms with Crippen LogP contribution in [-0.4, -0.2) is 30.4 Å². The zero-order valence-electron chi connectivity index (χ0n) is 17.1. The number of benzene rings is 3. The van der Waals surface area contributed by atoms with Crippen LogP contribution in [0.2, 0.25) is 0 Å². The first-order chi connectivity index (χ1) is 14.8. The van der Waals surface area contributed by atoms with Gasteiger partial charge in [0, 0.05) is 29.4 Å². The molecule has 0 atom stereocenters. The SMILES string of the molecule is CCOC(=O)CCNCOc1cccc2c1c1ccccc1n2Cc1ccccc1. The van der Waals surface area contributed by atoms with Crippen LogP contribution in [-0.2, 0) is 16.1 Å². The summed E-state index contributed by atoms with van der Waals surface area (Å²) in [5, 5.41) is 5.43. The predicted octanol–water partition coefficient (Wildman–Crippen LogP) is 4.72. The van der Waals surface area contributed by atoms with E-state index in [1.54, 1.807) is 0 Å². The highest BCUT2D eigenvalue weighted by Gasteiger charge is 2.14. The Balaban J connectivity index is 1.58. The van der Waals surface area contributed by atoms with Gasteiger partial charge in [-0.1, -0.05) is 54.6 Å². The molecule has 1 N–H and O–H groups in total. The molecule has 0 amide bonds. The molecule has 1 aromatic heterocycles. The van der Waals surface area contributed by atoms with E-state index in [1.807, 2.05) is 25.1 Å². The van der Waals surface area contributed by atoms with Crippen molar-refractivity contribution in [2.75, 3.05) is 19.9 Å². The van der Waals surface area contributed by atoms with Crippen LogP contribution in [0.4, 0.5) is 0 Å². The van der Waals surface area contributed by atoms with Gasteiger partial charge in [-0.05, 0) is 30.7 Å². The lowest BCUT2D eigenvalue weighted by Gasteiger charge is -2.10. The van der Waals surface area contributed by atoms with E-state index in [-0.39, 0.29) is 5.97 Å². The molecule has 0 fully saturated rings. The zero-order chi connectivity index (χ0) is 20.8. The average molecular weight is 402 g/mol. The first-order valence-corrected chi connectivity index (χ1v) is 10.3. The van der Waals surface area contributed by atoms with E-state index in [2.05, 4.69) is 64.5 Å². The van der Waals surface area contributed by atoms with Crippen molar-refractivity contribution < 1.29 is 14.3 Å². The van der Waals surface area contributed by atoms with Gasteiger partial charge in [0.15, 0.2) is 0 Å². The molecular weight excluding hydrogens is 376 g/mol. The van der Waals surface area contributed by atoms with E-state index < -0.39 is 0 Å². The van der Waals surface area contributed by atoms with E-state index in [0.29, 0.717) is 26.3 Å². The Morgan fingerprint density at radius 2 is 1.70 bits per heavy atom. The fraction of sp³-hybridized carbons (Fsp3) is 0.240. The Morgan fingerprint density at radius 1 is 0.933 bits per heavy atom. The fourth-order valence-electron chi connectivity index (χ4n) is 3.75. The Hall–Kier alpha value is -3.31. The summed E-state index contributed by atoms with van der Waals surface area (Å²) in [7, 11) is 0. The molecule has 5 heteroatoms. The summed E-state index contributed by atoms with van der Waals surface area (Å²) in [4.78, 5) is 11.4. The smallest absolute Gasteiger partial charge is 0.307 e. The van der Waals surface area contributed by atoms with Gasteiger partial charge in [-0.3, -0.25) is 10.1 Å². The van der Waals surface area contributed by atoms with Crippen molar-refractivity contribution in [2.45, 2.75) is 19.9 Å². The second-order valence-corrected chi connectivity index (χ2v) is 7.08. The molecule has 0 unspecified atom stereocenters. The maximum absolute atomic E-state index is 11.4. The van der Waals surface area contributed by atoms with Crippen LogP contribution in [0.15, 0.2) is 72.8 Å². The van der Waals surface area contributed by atoms with Crippen molar-refractivity contribution in [2.24, 2.45) is 0 Å². The van der Waals surface area contributed by atoms with Gasteiger partial charge >= 0.3 is 5.97 Å². The number of hydrogen-bond acceptors (Lipinski definition) is 4. The summed E-state index contributed by atoms with van der Waals surface area (Å²) in [5.41, 5.74) is 3.58. The molecule has 0 aliphatic rings. The average Bonchev–Trinajstić information content (AvgIpc) is 3.09. The van der Waals surface area contributed by atoms with Crippen LogP contribution in [0.1, 0.15) is 18.9 Å². The van der Waals surface area contributed by atoms with Gasteiger partial charge in [0.05, 0.1) is 18.5 Å². The van der Waals surface area contributed by atoms with Crippen molar-refractivity contribution in [1.29, 1.82) is 0 Å². The van der Waals surface area contributed by atoms with Crippen molar-refractivity contribution in [3.8, 4) is 5.75 Å². The van der Waals surface area contributed by atoms with Crippen LogP contribution < -0.4 is 10.1 Å². The largest absolute Gasteiger partial charge is 0.478 e. The van der Waals surface area contributed by atoms with Gasteiger partial charge in [-0.2, -0.15) is 0 Å². The topological polar surface area (TPSA) is 52.5 Å². The summed E-state index contributed by atoms with van der Waals surface area (Å²) in [5.74, 6) is 0.634. The number of esters is 1. The third-order valence-corrected chi connectivity index (χ3v) is 5.08. The van der Waals surface area contributed by atoms with Crippen LogP contribution in [0.5, 0.6) is 5.75 Å². The summed E-state index contributed by atoms with van der Waals surface area (Å²) < 4.78 is 13.3. The molecule has 1 heterocycles. The number of carbonyl (C=O) groups excluding carboxylic acids is 1. The van der Waals surface area contributed by atoms with Gasteiger partial charge in [-0.25, -0.2) is 0 Å². The Labute approximate surface area is 176 Å². The van der Waals surface area contributed by atoms with E-state index >= 15 is 0 Å². The third kappa shape index (κ3) is 4.31. The number of aromatic nitrogens is 1. The summed E-state index contributed by atoms with van der Waals surface area (Å²) in [6, 6.07) is 25.0. The molecule has 0 bridgehead atoms. The molecule has 4 aromatic rings. The van der Waals surface area contributed by atoms with E-state index in [4.69, 9.17) is 9.47 Å². The monoisotopic (exact) mass is 402 g/mol. The molecule has 30 heavy (non-hydrogen) atoms. The first-order valence-electron chi connectivity index (χ1n) is 10.3. The van der Waals surface area contributed by atoms with Crippen molar-refractivity contribution in [3.05, 3.63) is 78.4 Å². The number of carbonyl (C=O) groups is 1. The van der Waals surface area contributed by atoms with Gasteiger partial charge in [-0.15, -0.1) is 0 Å². The van der Waals surface area contributed by atoms with Crippen molar-refractivity contribution in [1.82, 2.24) is 9.88 Å². The molecule has 3 aromatic carbocycles. The molecule has 0 radical (unpaired) electrons. The molecule has 0 saturated heterocycles. The Bertz CT molecular complexity index is 1140. The highest BCUT2D eigenvalue weighted by atomic mass is 16.5. The normalized spacial score (nSPS) is 11.1. The number of fused-ring (bicyclic) bond motifs is 3. The quantitative estimate of drug-likeness (QED) is 0.250. The fourth-order valence-corrected chi connectivity index (χ4v) is 3.75. The number of nitrogens with one attached hydrogen (secondary N) is 1. The molecule has 0 saturated carbocycles. The van der Waals surface area contributed by atoms with Crippen LogP contribution in [0, 0.1) is 0 Å². The first kappa shape index (κ1) is 20.0. The molecule has 4 rings (SSSR count). The van der Waals surface area contributed by atoms with Gasteiger partial charge < -0.3 is 14.0 Å². The number of hydrogen-bond donors (Lipinski definition) is 1. The third-order valence-electron chi connectivity index (χ3n) is 5.08. The van der Waals surface area contributed by atoms with Gasteiger partial charge in [0.25, 0.3) is 0 Å².